The number of hydrogen-bond acceptors (Lipinski definition) is 2. The summed E-state index contributed by atoms with van der Waals surface area (Å²) in [5, 5.41) is 5.48. The molecule has 0 radical (unpaired) electrons. The van der Waals surface area contributed by atoms with E-state index in [0.29, 0.717) is 18.2 Å². The zero-order valence-electron chi connectivity index (χ0n) is 11.9. The highest BCUT2D eigenvalue weighted by Crippen LogP contribution is 2.38. The molecule has 0 saturated carbocycles. The summed E-state index contributed by atoms with van der Waals surface area (Å²) in [6.45, 7) is 1.37. The van der Waals surface area contributed by atoms with E-state index in [1.807, 2.05) is 53.2 Å². The molecule has 3 aromatic rings. The van der Waals surface area contributed by atoms with Gasteiger partial charge in [0, 0.05) is 11.1 Å². The third kappa shape index (κ3) is 2.23. The van der Waals surface area contributed by atoms with Crippen molar-refractivity contribution in [2.45, 2.75) is 6.04 Å². The highest BCUT2D eigenvalue weighted by atomic mass is 35.5. The smallest absolute Gasteiger partial charge is 0.112 e. The molecule has 1 aliphatic heterocycles. The van der Waals surface area contributed by atoms with Gasteiger partial charge in [-0.2, -0.15) is 5.10 Å². The molecule has 0 N–H and O–H groups in total. The van der Waals surface area contributed by atoms with Gasteiger partial charge < -0.3 is 4.74 Å². The second kappa shape index (κ2) is 5.59. The molecule has 22 heavy (non-hydrogen) atoms. The zero-order chi connectivity index (χ0) is 14.9. The summed E-state index contributed by atoms with van der Waals surface area (Å²) in [4.78, 5) is 0. The van der Waals surface area contributed by atoms with Crippen LogP contribution < -0.4 is 0 Å². The number of halogens is 1. The standard InChI is InChI=1S/C18H15ClN2O/c19-16-17(13-7-3-1-4-8-13)20-21(15-11-22-12-15)18(16)14-9-5-2-6-10-14/h1-10,15H,11-12H2. The van der Waals surface area contributed by atoms with Gasteiger partial charge in [-0.25, -0.2) is 0 Å². The number of nitrogens with zero attached hydrogens (tertiary/aromatic N) is 2. The Bertz CT molecular complexity index is 780. The van der Waals surface area contributed by atoms with Crippen LogP contribution in [0.4, 0.5) is 0 Å². The monoisotopic (exact) mass is 310 g/mol. The maximum Gasteiger partial charge on any atom is 0.112 e. The second-order valence-corrected chi connectivity index (χ2v) is 5.76. The van der Waals surface area contributed by atoms with Crippen LogP contribution in [0.1, 0.15) is 6.04 Å². The predicted molar refractivity (Wildman–Crippen MR) is 88.0 cm³/mol. The molecule has 4 heteroatoms. The lowest BCUT2D eigenvalue weighted by Gasteiger charge is -2.27. The van der Waals surface area contributed by atoms with Gasteiger partial charge in [0.25, 0.3) is 0 Å². The summed E-state index contributed by atoms with van der Waals surface area (Å²) in [6, 6.07) is 20.5. The Hall–Kier alpha value is -2.10. The molecule has 1 fully saturated rings. The molecule has 0 bridgehead atoms. The summed E-state index contributed by atoms with van der Waals surface area (Å²) < 4.78 is 7.35. The molecule has 0 amide bonds. The van der Waals surface area contributed by atoms with Crippen molar-refractivity contribution in [3.8, 4) is 22.5 Å². The van der Waals surface area contributed by atoms with Crippen LogP contribution in [-0.2, 0) is 4.74 Å². The van der Waals surface area contributed by atoms with Gasteiger partial charge in [-0.1, -0.05) is 72.3 Å². The number of benzene rings is 2. The van der Waals surface area contributed by atoms with E-state index >= 15 is 0 Å². The average molecular weight is 311 g/mol. The van der Waals surface area contributed by atoms with E-state index < -0.39 is 0 Å². The van der Waals surface area contributed by atoms with Gasteiger partial charge in [-0.15, -0.1) is 0 Å². The van der Waals surface area contributed by atoms with Gasteiger partial charge in [0.2, 0.25) is 0 Å². The maximum absolute atomic E-state index is 6.70. The Kier molecular flexibility index (Phi) is 3.45. The van der Waals surface area contributed by atoms with E-state index in [4.69, 9.17) is 21.4 Å². The molecule has 0 unspecified atom stereocenters. The fourth-order valence-electron chi connectivity index (χ4n) is 2.68. The molecule has 4 rings (SSSR count). The first-order valence-electron chi connectivity index (χ1n) is 7.31. The quantitative estimate of drug-likeness (QED) is 0.715. The molecule has 1 saturated heterocycles. The van der Waals surface area contributed by atoms with Crippen molar-refractivity contribution in [1.82, 2.24) is 9.78 Å². The first-order chi connectivity index (χ1) is 10.8. The Morgan fingerprint density at radius 3 is 2.05 bits per heavy atom. The third-order valence-electron chi connectivity index (χ3n) is 3.91. The molecule has 110 valence electrons. The van der Waals surface area contributed by atoms with Gasteiger partial charge in [0.05, 0.1) is 30.0 Å². The Morgan fingerprint density at radius 2 is 1.50 bits per heavy atom. The zero-order valence-corrected chi connectivity index (χ0v) is 12.7. The normalized spacial score (nSPS) is 14.8. The Balaban J connectivity index is 1.90. The van der Waals surface area contributed by atoms with Crippen LogP contribution in [0.15, 0.2) is 60.7 Å². The fourth-order valence-corrected chi connectivity index (χ4v) is 3.02. The first kappa shape index (κ1) is 13.6. The largest absolute Gasteiger partial charge is 0.377 e. The summed E-state index contributed by atoms with van der Waals surface area (Å²) in [6.07, 6.45) is 0. The minimum absolute atomic E-state index is 0.255. The molecule has 2 heterocycles. The van der Waals surface area contributed by atoms with Gasteiger partial charge in [-0.3, -0.25) is 4.68 Å². The topological polar surface area (TPSA) is 27.1 Å². The Morgan fingerprint density at radius 1 is 0.909 bits per heavy atom. The SMILES string of the molecule is Clc1c(-c2ccccc2)nn(C2COC2)c1-c1ccccc1. The van der Waals surface area contributed by atoms with Crippen LogP contribution in [0, 0.1) is 0 Å². The summed E-state index contributed by atoms with van der Waals surface area (Å²) >= 11 is 6.70. The molecular weight excluding hydrogens is 296 g/mol. The van der Waals surface area contributed by atoms with E-state index in [2.05, 4.69) is 12.1 Å². The van der Waals surface area contributed by atoms with Crippen molar-refractivity contribution in [1.29, 1.82) is 0 Å². The van der Waals surface area contributed by atoms with Crippen LogP contribution >= 0.6 is 11.6 Å². The van der Waals surface area contributed by atoms with Crippen molar-refractivity contribution >= 4 is 11.6 Å². The molecule has 1 aliphatic rings. The highest BCUT2D eigenvalue weighted by Gasteiger charge is 2.28. The van der Waals surface area contributed by atoms with Crippen molar-refractivity contribution in [2.24, 2.45) is 0 Å². The molecule has 0 atom stereocenters. The van der Waals surface area contributed by atoms with E-state index in [1.165, 1.54) is 0 Å². The van der Waals surface area contributed by atoms with Gasteiger partial charge in [0.15, 0.2) is 0 Å². The van der Waals surface area contributed by atoms with Crippen molar-refractivity contribution in [2.75, 3.05) is 13.2 Å². The lowest BCUT2D eigenvalue weighted by molar-refractivity contribution is -0.0277. The summed E-state index contributed by atoms with van der Waals surface area (Å²) in [5.74, 6) is 0. The molecular formula is C18H15ClN2O. The van der Waals surface area contributed by atoms with Gasteiger partial charge in [-0.05, 0) is 0 Å². The second-order valence-electron chi connectivity index (χ2n) is 5.38. The molecule has 0 aliphatic carbocycles. The van der Waals surface area contributed by atoms with Gasteiger partial charge >= 0.3 is 0 Å². The number of hydrogen-bond donors (Lipinski definition) is 0. The number of ether oxygens (including phenoxy) is 1. The van der Waals surface area contributed by atoms with E-state index in [0.717, 1.165) is 22.5 Å². The molecule has 2 aromatic carbocycles. The lowest BCUT2D eigenvalue weighted by atomic mass is 10.1. The van der Waals surface area contributed by atoms with Crippen LogP contribution in [0.5, 0.6) is 0 Å². The molecule has 1 aromatic heterocycles. The minimum Gasteiger partial charge on any atom is -0.377 e. The minimum atomic E-state index is 0.255. The van der Waals surface area contributed by atoms with Crippen molar-refractivity contribution in [3.63, 3.8) is 0 Å². The van der Waals surface area contributed by atoms with Crippen LogP contribution in [0.25, 0.3) is 22.5 Å². The third-order valence-corrected chi connectivity index (χ3v) is 4.27. The van der Waals surface area contributed by atoms with E-state index in [-0.39, 0.29) is 6.04 Å². The van der Waals surface area contributed by atoms with Crippen molar-refractivity contribution in [3.05, 3.63) is 65.7 Å². The Labute approximate surface area is 134 Å². The lowest BCUT2D eigenvalue weighted by Crippen LogP contribution is -2.31. The highest BCUT2D eigenvalue weighted by molar-refractivity contribution is 6.35. The van der Waals surface area contributed by atoms with Crippen LogP contribution in [-0.4, -0.2) is 23.0 Å². The molecule has 3 nitrogen and oxygen atoms in total. The molecule has 0 spiro atoms. The number of rotatable bonds is 3. The predicted octanol–water partition coefficient (Wildman–Crippen LogP) is 4.44. The van der Waals surface area contributed by atoms with Crippen LogP contribution in [0.2, 0.25) is 5.02 Å². The summed E-state index contributed by atoms with van der Waals surface area (Å²) in [5.41, 5.74) is 3.90. The van der Waals surface area contributed by atoms with E-state index in [1.54, 1.807) is 0 Å². The van der Waals surface area contributed by atoms with Crippen molar-refractivity contribution < 1.29 is 4.74 Å². The first-order valence-corrected chi connectivity index (χ1v) is 7.69. The van der Waals surface area contributed by atoms with Crippen LogP contribution in [0.3, 0.4) is 0 Å². The summed E-state index contributed by atoms with van der Waals surface area (Å²) in [7, 11) is 0. The maximum atomic E-state index is 6.70. The average Bonchev–Trinajstić information content (AvgIpc) is 2.84. The van der Waals surface area contributed by atoms with Gasteiger partial charge in [0.1, 0.15) is 5.69 Å². The fraction of sp³-hybridized carbons (Fsp3) is 0.167. The van der Waals surface area contributed by atoms with E-state index in [9.17, 15) is 0 Å². The number of aromatic nitrogens is 2.